The molecule has 2 N–H and O–H groups in total. The summed E-state index contributed by atoms with van der Waals surface area (Å²) in [5.74, 6) is -0.155. The fraction of sp³-hybridized carbons (Fsp3) is 0.143. The molecule has 0 aliphatic carbocycles. The number of hydrogen-bond acceptors (Lipinski definition) is 2. The third-order valence-corrected chi connectivity index (χ3v) is 3.04. The molecule has 0 heterocycles. The Morgan fingerprint density at radius 1 is 1.22 bits per heavy atom. The van der Waals surface area contributed by atoms with Gasteiger partial charge in [-0.2, -0.15) is 0 Å². The van der Waals surface area contributed by atoms with E-state index in [-0.39, 0.29) is 18.2 Å². The number of nitrogens with two attached hydrogens (primary N) is 1. The second-order valence-electron chi connectivity index (χ2n) is 3.98. The number of ether oxygens (including phenoxy) is 1. The van der Waals surface area contributed by atoms with E-state index in [1.165, 1.54) is 0 Å². The van der Waals surface area contributed by atoms with Crippen LogP contribution in [0.2, 0.25) is 5.02 Å². The number of nitrogen functional groups attached to an aromatic ring is 1. The maximum Gasteiger partial charge on any atom is 0.167 e. The summed E-state index contributed by atoms with van der Waals surface area (Å²) in [7, 11) is 0. The number of halogens is 2. The maximum atomic E-state index is 13.7. The average molecular weight is 266 g/mol. The molecule has 0 unspecified atom stereocenters. The molecule has 0 aliphatic rings. The highest BCUT2D eigenvalue weighted by molar-refractivity contribution is 6.31. The van der Waals surface area contributed by atoms with Crippen molar-refractivity contribution in [3.05, 3.63) is 58.4 Å². The zero-order valence-electron chi connectivity index (χ0n) is 9.91. The molecule has 2 nitrogen and oxygen atoms in total. The molecule has 94 valence electrons. The lowest BCUT2D eigenvalue weighted by Gasteiger charge is -2.11. The highest BCUT2D eigenvalue weighted by Gasteiger charge is 2.09. The molecule has 0 saturated carbocycles. The third-order valence-electron chi connectivity index (χ3n) is 2.68. The van der Waals surface area contributed by atoms with Crippen LogP contribution < -0.4 is 10.5 Å². The van der Waals surface area contributed by atoms with Gasteiger partial charge in [0.1, 0.15) is 6.61 Å². The Morgan fingerprint density at radius 2 is 1.94 bits per heavy atom. The topological polar surface area (TPSA) is 35.2 Å². The first-order valence-corrected chi connectivity index (χ1v) is 5.88. The molecule has 0 aliphatic heterocycles. The molecule has 0 atom stereocenters. The van der Waals surface area contributed by atoms with E-state index < -0.39 is 0 Å². The summed E-state index contributed by atoms with van der Waals surface area (Å²) in [5, 5.41) is 0.517. The summed E-state index contributed by atoms with van der Waals surface area (Å²) >= 11 is 6.01. The summed E-state index contributed by atoms with van der Waals surface area (Å²) in [6.07, 6.45) is 0. The molecule has 0 bridgehead atoms. The van der Waals surface area contributed by atoms with E-state index in [2.05, 4.69) is 0 Å². The average Bonchev–Trinajstić information content (AvgIpc) is 2.33. The Hall–Kier alpha value is -1.74. The molecular weight excluding hydrogens is 253 g/mol. The van der Waals surface area contributed by atoms with Gasteiger partial charge in [-0.1, -0.05) is 29.8 Å². The first kappa shape index (κ1) is 12.7. The van der Waals surface area contributed by atoms with Crippen LogP contribution in [0, 0.1) is 12.7 Å². The molecule has 4 heteroatoms. The zero-order valence-corrected chi connectivity index (χ0v) is 10.7. The van der Waals surface area contributed by atoms with Gasteiger partial charge < -0.3 is 10.5 Å². The van der Waals surface area contributed by atoms with E-state index in [0.29, 0.717) is 21.8 Å². The van der Waals surface area contributed by atoms with Gasteiger partial charge in [-0.05, 0) is 30.7 Å². The minimum absolute atomic E-state index is 0.145. The predicted molar refractivity (Wildman–Crippen MR) is 71.3 cm³/mol. The van der Waals surface area contributed by atoms with E-state index in [9.17, 15) is 4.39 Å². The largest absolute Gasteiger partial charge is 0.486 e. The molecule has 2 aromatic rings. The maximum absolute atomic E-state index is 13.7. The van der Waals surface area contributed by atoms with Gasteiger partial charge in [0.05, 0.1) is 0 Å². The minimum Gasteiger partial charge on any atom is -0.486 e. The summed E-state index contributed by atoms with van der Waals surface area (Å²) in [5.41, 5.74) is 7.54. The Kier molecular flexibility index (Phi) is 3.72. The first-order chi connectivity index (χ1) is 8.59. The van der Waals surface area contributed by atoms with Crippen LogP contribution in [0.4, 0.5) is 10.1 Å². The molecule has 2 aromatic carbocycles. The van der Waals surface area contributed by atoms with Crippen LogP contribution in [0.15, 0.2) is 36.4 Å². The number of aryl methyl sites for hydroxylation is 1. The third kappa shape index (κ3) is 2.57. The normalized spacial score (nSPS) is 10.4. The van der Waals surface area contributed by atoms with Crippen molar-refractivity contribution in [2.24, 2.45) is 0 Å². The molecule has 18 heavy (non-hydrogen) atoms. The van der Waals surface area contributed by atoms with Crippen molar-refractivity contribution in [2.45, 2.75) is 13.5 Å². The predicted octanol–water partition coefficient (Wildman–Crippen LogP) is 3.95. The number of hydrogen-bond donors (Lipinski definition) is 1. The molecule has 0 saturated heterocycles. The number of rotatable bonds is 3. The fourth-order valence-corrected chi connectivity index (χ4v) is 1.85. The standard InChI is InChI=1S/C14H13ClFNO/c1-9-4-2-7-13(14(9)16)18-8-10-11(15)5-3-6-12(10)17/h2-7H,8,17H2,1H3. The van der Waals surface area contributed by atoms with E-state index in [1.54, 1.807) is 43.3 Å². The minimum atomic E-state index is -0.358. The van der Waals surface area contributed by atoms with Crippen LogP contribution >= 0.6 is 11.6 Å². The van der Waals surface area contributed by atoms with Crippen LogP contribution in [0.3, 0.4) is 0 Å². The fourth-order valence-electron chi connectivity index (χ4n) is 1.61. The van der Waals surface area contributed by atoms with Gasteiger partial charge in [0.25, 0.3) is 0 Å². The van der Waals surface area contributed by atoms with Gasteiger partial charge in [-0.15, -0.1) is 0 Å². The zero-order chi connectivity index (χ0) is 13.1. The summed E-state index contributed by atoms with van der Waals surface area (Å²) in [4.78, 5) is 0. The van der Waals surface area contributed by atoms with Gasteiger partial charge in [-0.3, -0.25) is 0 Å². The van der Waals surface area contributed by atoms with Gasteiger partial charge in [0.2, 0.25) is 0 Å². The Balaban J connectivity index is 2.19. The van der Waals surface area contributed by atoms with Crippen molar-refractivity contribution < 1.29 is 9.13 Å². The van der Waals surface area contributed by atoms with Crippen molar-refractivity contribution in [3.8, 4) is 5.75 Å². The van der Waals surface area contributed by atoms with Crippen molar-refractivity contribution in [2.75, 3.05) is 5.73 Å². The van der Waals surface area contributed by atoms with Crippen molar-refractivity contribution in [1.82, 2.24) is 0 Å². The van der Waals surface area contributed by atoms with Crippen molar-refractivity contribution in [1.29, 1.82) is 0 Å². The lowest BCUT2D eigenvalue weighted by atomic mass is 10.2. The smallest absolute Gasteiger partial charge is 0.167 e. The summed E-state index contributed by atoms with van der Waals surface area (Å²) < 4.78 is 19.1. The van der Waals surface area contributed by atoms with Crippen LogP contribution in [-0.4, -0.2) is 0 Å². The van der Waals surface area contributed by atoms with Gasteiger partial charge in [-0.25, -0.2) is 4.39 Å². The Bertz CT molecular complexity index is 551. The van der Waals surface area contributed by atoms with E-state index in [4.69, 9.17) is 22.1 Å². The SMILES string of the molecule is Cc1cccc(OCc2c(N)cccc2Cl)c1F. The molecule has 2 rings (SSSR count). The lowest BCUT2D eigenvalue weighted by Crippen LogP contribution is -2.02. The van der Waals surface area contributed by atoms with Crippen LogP contribution in [0.1, 0.15) is 11.1 Å². The van der Waals surface area contributed by atoms with Gasteiger partial charge >= 0.3 is 0 Å². The van der Waals surface area contributed by atoms with E-state index in [0.717, 1.165) is 0 Å². The van der Waals surface area contributed by atoms with Crippen LogP contribution in [-0.2, 0) is 6.61 Å². The number of anilines is 1. The summed E-state index contributed by atoms with van der Waals surface area (Å²) in [6, 6.07) is 10.2. The molecule has 0 amide bonds. The van der Waals surface area contributed by atoms with E-state index >= 15 is 0 Å². The number of benzene rings is 2. The second-order valence-corrected chi connectivity index (χ2v) is 4.39. The van der Waals surface area contributed by atoms with Gasteiger partial charge in [0.15, 0.2) is 11.6 Å². The van der Waals surface area contributed by atoms with Crippen molar-refractivity contribution in [3.63, 3.8) is 0 Å². The molecule has 0 fully saturated rings. The Labute approximate surface area is 110 Å². The van der Waals surface area contributed by atoms with E-state index in [1.807, 2.05) is 0 Å². The quantitative estimate of drug-likeness (QED) is 0.853. The summed E-state index contributed by atoms with van der Waals surface area (Å²) in [6.45, 7) is 1.83. The Morgan fingerprint density at radius 3 is 2.67 bits per heavy atom. The second kappa shape index (κ2) is 5.27. The lowest BCUT2D eigenvalue weighted by molar-refractivity contribution is 0.290. The van der Waals surface area contributed by atoms with Crippen LogP contribution in [0.25, 0.3) is 0 Å². The monoisotopic (exact) mass is 265 g/mol. The highest BCUT2D eigenvalue weighted by Crippen LogP contribution is 2.25. The van der Waals surface area contributed by atoms with Crippen molar-refractivity contribution >= 4 is 17.3 Å². The molecule has 0 radical (unpaired) electrons. The van der Waals surface area contributed by atoms with Gasteiger partial charge in [0, 0.05) is 16.3 Å². The van der Waals surface area contributed by atoms with Crippen LogP contribution in [0.5, 0.6) is 5.75 Å². The first-order valence-electron chi connectivity index (χ1n) is 5.50. The molecule has 0 aromatic heterocycles. The molecule has 0 spiro atoms. The molecular formula is C14H13ClFNO. The highest BCUT2D eigenvalue weighted by atomic mass is 35.5.